The maximum absolute atomic E-state index is 12.4. The van der Waals surface area contributed by atoms with E-state index in [0.717, 1.165) is 5.69 Å². The van der Waals surface area contributed by atoms with Crippen molar-refractivity contribution < 1.29 is 9.59 Å². The summed E-state index contributed by atoms with van der Waals surface area (Å²) in [4.78, 5) is 29.0. The molecule has 26 heavy (non-hydrogen) atoms. The van der Waals surface area contributed by atoms with Crippen LogP contribution in [-0.2, 0) is 0 Å². The van der Waals surface area contributed by atoms with Gasteiger partial charge < -0.3 is 10.6 Å². The van der Waals surface area contributed by atoms with Gasteiger partial charge >= 0.3 is 0 Å². The van der Waals surface area contributed by atoms with Gasteiger partial charge in [0.05, 0.1) is 11.4 Å². The zero-order valence-corrected chi connectivity index (χ0v) is 14.7. The van der Waals surface area contributed by atoms with E-state index in [2.05, 4.69) is 15.6 Å². The molecule has 0 radical (unpaired) electrons. The molecule has 2 amide bonds. The van der Waals surface area contributed by atoms with E-state index >= 15 is 0 Å². The maximum Gasteiger partial charge on any atom is 0.274 e. The van der Waals surface area contributed by atoms with Gasteiger partial charge in [-0.05, 0) is 55.5 Å². The number of rotatable bonds is 4. The number of carbonyl (C=O) groups excluding carboxylic acids is 2. The van der Waals surface area contributed by atoms with Gasteiger partial charge in [0.2, 0.25) is 0 Å². The SMILES string of the molecule is Cc1cccc(C(=O)Nc2ccccc2NC(=O)c2ccc(Cl)cc2)n1. The highest BCUT2D eigenvalue weighted by Gasteiger charge is 2.13. The first-order valence-corrected chi connectivity index (χ1v) is 8.32. The van der Waals surface area contributed by atoms with E-state index in [1.165, 1.54) is 0 Å². The van der Waals surface area contributed by atoms with Gasteiger partial charge in [0.1, 0.15) is 5.69 Å². The second-order valence-electron chi connectivity index (χ2n) is 5.62. The van der Waals surface area contributed by atoms with Crippen LogP contribution in [-0.4, -0.2) is 16.8 Å². The first kappa shape index (κ1) is 17.6. The van der Waals surface area contributed by atoms with Crippen molar-refractivity contribution in [2.45, 2.75) is 6.92 Å². The number of pyridine rings is 1. The Morgan fingerprint density at radius 2 is 1.42 bits per heavy atom. The summed E-state index contributed by atoms with van der Waals surface area (Å²) in [6.07, 6.45) is 0. The van der Waals surface area contributed by atoms with Gasteiger partial charge in [-0.3, -0.25) is 9.59 Å². The number of hydrogen-bond acceptors (Lipinski definition) is 3. The van der Waals surface area contributed by atoms with Crippen LogP contribution in [0.4, 0.5) is 11.4 Å². The van der Waals surface area contributed by atoms with Crippen molar-refractivity contribution in [1.82, 2.24) is 4.98 Å². The lowest BCUT2D eigenvalue weighted by molar-refractivity contribution is 0.101. The minimum absolute atomic E-state index is 0.294. The zero-order valence-electron chi connectivity index (χ0n) is 14.0. The third-order valence-electron chi connectivity index (χ3n) is 3.65. The molecule has 1 aromatic heterocycles. The quantitative estimate of drug-likeness (QED) is 0.712. The van der Waals surface area contributed by atoms with Gasteiger partial charge in [-0.1, -0.05) is 29.8 Å². The first-order valence-electron chi connectivity index (χ1n) is 7.94. The van der Waals surface area contributed by atoms with Crippen molar-refractivity contribution in [3.8, 4) is 0 Å². The molecule has 2 aromatic carbocycles. The predicted octanol–water partition coefficient (Wildman–Crippen LogP) is 4.55. The van der Waals surface area contributed by atoms with Crippen LogP contribution in [0.15, 0.2) is 66.7 Å². The molecule has 0 aliphatic carbocycles. The summed E-state index contributed by atoms with van der Waals surface area (Å²) in [5, 5.41) is 6.14. The fourth-order valence-electron chi connectivity index (χ4n) is 2.35. The smallest absolute Gasteiger partial charge is 0.274 e. The van der Waals surface area contributed by atoms with Crippen LogP contribution in [0.3, 0.4) is 0 Å². The van der Waals surface area contributed by atoms with E-state index < -0.39 is 0 Å². The van der Waals surface area contributed by atoms with Crippen molar-refractivity contribution in [3.05, 3.63) is 88.7 Å². The number of halogens is 1. The number of para-hydroxylation sites is 2. The number of amides is 2. The van der Waals surface area contributed by atoms with Crippen molar-refractivity contribution in [3.63, 3.8) is 0 Å². The number of benzene rings is 2. The van der Waals surface area contributed by atoms with Gasteiger partial charge in [-0.2, -0.15) is 0 Å². The summed E-state index contributed by atoms with van der Waals surface area (Å²) >= 11 is 5.84. The first-order chi connectivity index (χ1) is 12.5. The molecule has 3 rings (SSSR count). The topological polar surface area (TPSA) is 71.1 Å². The van der Waals surface area contributed by atoms with Gasteiger partial charge in [0.25, 0.3) is 11.8 Å². The monoisotopic (exact) mass is 365 g/mol. The van der Waals surface area contributed by atoms with Gasteiger partial charge in [-0.25, -0.2) is 4.98 Å². The lowest BCUT2D eigenvalue weighted by Crippen LogP contribution is -2.17. The van der Waals surface area contributed by atoms with Crippen molar-refractivity contribution in [2.24, 2.45) is 0 Å². The number of carbonyl (C=O) groups is 2. The van der Waals surface area contributed by atoms with Crippen LogP contribution in [0.1, 0.15) is 26.5 Å². The van der Waals surface area contributed by atoms with Crippen molar-refractivity contribution in [2.75, 3.05) is 10.6 Å². The van der Waals surface area contributed by atoms with Crippen LogP contribution in [0.25, 0.3) is 0 Å². The maximum atomic E-state index is 12.4. The summed E-state index contributed by atoms with van der Waals surface area (Å²) in [5.41, 5.74) is 2.51. The predicted molar refractivity (Wildman–Crippen MR) is 103 cm³/mol. The largest absolute Gasteiger partial charge is 0.320 e. The molecule has 5 nitrogen and oxygen atoms in total. The third-order valence-corrected chi connectivity index (χ3v) is 3.90. The fraction of sp³-hybridized carbons (Fsp3) is 0.0500. The van der Waals surface area contributed by atoms with Crippen LogP contribution >= 0.6 is 11.6 Å². The van der Waals surface area contributed by atoms with E-state index in [-0.39, 0.29) is 11.8 Å². The Hall–Kier alpha value is -3.18. The van der Waals surface area contributed by atoms with E-state index in [4.69, 9.17) is 11.6 Å². The summed E-state index contributed by atoms with van der Waals surface area (Å²) in [7, 11) is 0. The Morgan fingerprint density at radius 3 is 2.04 bits per heavy atom. The molecule has 0 atom stereocenters. The Bertz CT molecular complexity index is 955. The summed E-state index contributed by atoms with van der Waals surface area (Å²) in [6.45, 7) is 1.82. The molecule has 0 saturated heterocycles. The molecule has 0 aliphatic heterocycles. The number of hydrogen-bond donors (Lipinski definition) is 2. The van der Waals surface area contributed by atoms with E-state index in [1.54, 1.807) is 60.7 Å². The summed E-state index contributed by atoms with van der Waals surface area (Å²) in [5.74, 6) is -0.640. The molecule has 3 aromatic rings. The van der Waals surface area contributed by atoms with E-state index in [9.17, 15) is 9.59 Å². The molecule has 0 bridgehead atoms. The Kier molecular flexibility index (Phi) is 5.29. The Morgan fingerprint density at radius 1 is 0.808 bits per heavy atom. The molecule has 0 saturated carbocycles. The minimum Gasteiger partial charge on any atom is -0.320 e. The molecule has 2 N–H and O–H groups in total. The van der Waals surface area contributed by atoms with Gasteiger partial charge in [-0.15, -0.1) is 0 Å². The van der Waals surface area contributed by atoms with Crippen LogP contribution < -0.4 is 10.6 Å². The molecule has 0 unspecified atom stereocenters. The Balaban J connectivity index is 1.78. The average molecular weight is 366 g/mol. The number of aromatic nitrogens is 1. The number of aryl methyl sites for hydroxylation is 1. The lowest BCUT2D eigenvalue weighted by Gasteiger charge is -2.12. The van der Waals surface area contributed by atoms with Gasteiger partial charge in [0.15, 0.2) is 0 Å². The van der Waals surface area contributed by atoms with Crippen LogP contribution in [0.5, 0.6) is 0 Å². The molecule has 130 valence electrons. The zero-order chi connectivity index (χ0) is 18.5. The number of nitrogens with one attached hydrogen (secondary N) is 2. The summed E-state index contributed by atoms with van der Waals surface area (Å²) in [6, 6.07) is 18.8. The summed E-state index contributed by atoms with van der Waals surface area (Å²) < 4.78 is 0. The third kappa shape index (κ3) is 4.26. The molecule has 0 fully saturated rings. The highest BCUT2D eigenvalue weighted by Crippen LogP contribution is 2.22. The molecular weight excluding hydrogens is 350 g/mol. The van der Waals surface area contributed by atoms with Crippen LogP contribution in [0.2, 0.25) is 5.02 Å². The molecule has 1 heterocycles. The highest BCUT2D eigenvalue weighted by molar-refractivity contribution is 6.30. The van der Waals surface area contributed by atoms with Crippen LogP contribution in [0, 0.1) is 6.92 Å². The van der Waals surface area contributed by atoms with Crippen molar-refractivity contribution in [1.29, 1.82) is 0 Å². The standard InChI is InChI=1S/C20H16ClN3O2/c1-13-5-4-8-18(22-13)20(26)24-17-7-3-2-6-16(17)23-19(25)14-9-11-15(21)12-10-14/h2-12H,1H3,(H,23,25)(H,24,26). The molecule has 6 heteroatoms. The highest BCUT2D eigenvalue weighted by atomic mass is 35.5. The van der Waals surface area contributed by atoms with Gasteiger partial charge in [0, 0.05) is 16.3 Å². The average Bonchev–Trinajstić information content (AvgIpc) is 2.64. The van der Waals surface area contributed by atoms with Crippen molar-refractivity contribution >= 4 is 34.8 Å². The lowest BCUT2D eigenvalue weighted by atomic mass is 10.2. The van der Waals surface area contributed by atoms with E-state index in [1.807, 2.05) is 13.0 Å². The Labute approximate surface area is 156 Å². The molecule has 0 aliphatic rings. The fourth-order valence-corrected chi connectivity index (χ4v) is 2.48. The second kappa shape index (κ2) is 7.80. The molecular formula is C20H16ClN3O2. The molecule has 0 spiro atoms. The number of nitrogens with zero attached hydrogens (tertiary/aromatic N) is 1. The normalized spacial score (nSPS) is 10.2. The minimum atomic E-state index is -0.345. The number of anilines is 2. The second-order valence-corrected chi connectivity index (χ2v) is 6.06. The van der Waals surface area contributed by atoms with E-state index in [0.29, 0.717) is 27.7 Å².